The third-order valence-electron chi connectivity index (χ3n) is 6.29. The molecule has 0 amide bonds. The van der Waals surface area contributed by atoms with Gasteiger partial charge in [0.2, 0.25) is 0 Å². The summed E-state index contributed by atoms with van der Waals surface area (Å²) in [5.41, 5.74) is 14.8. The monoisotopic (exact) mass is 604 g/mol. The minimum Gasteiger partial charge on any atom is -0.488 e. The van der Waals surface area contributed by atoms with E-state index in [9.17, 15) is 20.2 Å². The van der Waals surface area contributed by atoms with Gasteiger partial charge >= 0.3 is 11.4 Å². The van der Waals surface area contributed by atoms with Gasteiger partial charge in [-0.05, 0) is 60.4 Å². The molecule has 0 fully saturated rings. The summed E-state index contributed by atoms with van der Waals surface area (Å²) >= 11 is 0. The smallest absolute Gasteiger partial charge is 0.311 e. The molecule has 0 aliphatic rings. The van der Waals surface area contributed by atoms with Gasteiger partial charge in [0, 0.05) is 12.1 Å². The van der Waals surface area contributed by atoms with Crippen LogP contribution in [0, 0.1) is 20.2 Å². The highest BCUT2D eigenvalue weighted by molar-refractivity contribution is 5.54. The highest BCUT2D eigenvalue weighted by Crippen LogP contribution is 2.29. The van der Waals surface area contributed by atoms with E-state index in [1.165, 1.54) is 23.8 Å². The van der Waals surface area contributed by atoms with Crippen molar-refractivity contribution in [2.75, 3.05) is 37.9 Å². The van der Waals surface area contributed by atoms with Crippen molar-refractivity contribution in [3.05, 3.63) is 116 Å². The number of hydrogen-bond acceptors (Lipinski definition) is 10. The van der Waals surface area contributed by atoms with Crippen molar-refractivity contribution in [2.24, 2.45) is 0 Å². The maximum absolute atomic E-state index is 11.1. The Morgan fingerprint density at radius 2 is 0.977 bits per heavy atom. The van der Waals surface area contributed by atoms with Gasteiger partial charge in [-0.3, -0.25) is 20.2 Å². The molecule has 4 aromatic rings. The standard InChI is InChI=1S/C16H16N2O6.C16H20N2O2/c1-2-12-7-8-16(14(11-12)18(21)22)24-10-9-23-15-6-4-3-5-13(15)17(19)20;1-2-12-7-8-16(14(18)11-12)20-10-9-19-15-6-4-3-5-13(15)17/h3-8,11H,2,9-10H2,1H3;3-8,11H,2,9-10,17-18H2,1H3. The van der Waals surface area contributed by atoms with E-state index in [2.05, 4.69) is 6.92 Å². The fourth-order valence-electron chi connectivity index (χ4n) is 3.95. The normalized spacial score (nSPS) is 10.2. The molecule has 0 bridgehead atoms. The first-order valence-electron chi connectivity index (χ1n) is 14.0. The van der Waals surface area contributed by atoms with Gasteiger partial charge in [0.15, 0.2) is 11.5 Å². The van der Waals surface area contributed by atoms with Gasteiger partial charge in [-0.25, -0.2) is 0 Å². The van der Waals surface area contributed by atoms with E-state index in [1.807, 2.05) is 43.3 Å². The number of nitro benzene ring substituents is 2. The van der Waals surface area contributed by atoms with Crippen LogP contribution < -0.4 is 30.4 Å². The minimum absolute atomic E-state index is 0.0253. The molecule has 232 valence electrons. The predicted octanol–water partition coefficient (Wildman–Crippen LogP) is 6.39. The largest absolute Gasteiger partial charge is 0.488 e. The predicted molar refractivity (Wildman–Crippen MR) is 169 cm³/mol. The zero-order chi connectivity index (χ0) is 31.9. The second kappa shape index (κ2) is 16.8. The van der Waals surface area contributed by atoms with Crippen LogP contribution in [0.4, 0.5) is 22.7 Å². The molecule has 0 saturated carbocycles. The highest BCUT2D eigenvalue weighted by Gasteiger charge is 2.17. The Morgan fingerprint density at radius 1 is 0.545 bits per heavy atom. The summed E-state index contributed by atoms with van der Waals surface area (Å²) in [7, 11) is 0. The zero-order valence-electron chi connectivity index (χ0n) is 24.6. The molecule has 0 aromatic heterocycles. The number of nitrogens with zero attached hydrogens (tertiary/aromatic N) is 2. The summed E-state index contributed by atoms with van der Waals surface area (Å²) in [6, 6.07) is 24.0. The van der Waals surface area contributed by atoms with Crippen LogP contribution in [0.25, 0.3) is 0 Å². The third kappa shape index (κ3) is 9.79. The van der Waals surface area contributed by atoms with Crippen LogP contribution in [0.15, 0.2) is 84.9 Å². The number of aryl methyl sites for hydroxylation is 2. The van der Waals surface area contributed by atoms with Crippen molar-refractivity contribution >= 4 is 22.7 Å². The molecular formula is C32H36N4O8. The molecule has 12 nitrogen and oxygen atoms in total. The summed E-state index contributed by atoms with van der Waals surface area (Å²) < 4.78 is 21.9. The number of para-hydroxylation sites is 4. The number of nitrogens with two attached hydrogens (primary N) is 2. The van der Waals surface area contributed by atoms with E-state index in [0.717, 1.165) is 12.0 Å². The lowest BCUT2D eigenvalue weighted by Gasteiger charge is -2.11. The Labute approximate surface area is 255 Å². The maximum atomic E-state index is 11.1. The summed E-state index contributed by atoms with van der Waals surface area (Å²) in [6.07, 6.45) is 1.64. The molecular weight excluding hydrogens is 568 g/mol. The van der Waals surface area contributed by atoms with Crippen molar-refractivity contribution in [3.63, 3.8) is 0 Å². The van der Waals surface area contributed by atoms with Crippen LogP contribution in [-0.4, -0.2) is 36.3 Å². The Morgan fingerprint density at radius 3 is 1.50 bits per heavy atom. The van der Waals surface area contributed by atoms with E-state index >= 15 is 0 Å². The van der Waals surface area contributed by atoms with Gasteiger partial charge in [-0.2, -0.15) is 0 Å². The summed E-state index contributed by atoms with van der Waals surface area (Å²) in [4.78, 5) is 20.9. The van der Waals surface area contributed by atoms with E-state index in [0.29, 0.717) is 42.5 Å². The Hall–Kier alpha value is -5.52. The molecule has 0 aliphatic carbocycles. The van der Waals surface area contributed by atoms with Crippen LogP contribution in [0.5, 0.6) is 23.0 Å². The van der Waals surface area contributed by atoms with Crippen LogP contribution >= 0.6 is 0 Å². The van der Waals surface area contributed by atoms with E-state index < -0.39 is 9.85 Å². The number of ether oxygens (including phenoxy) is 4. The Bertz CT molecular complexity index is 1550. The van der Waals surface area contributed by atoms with Crippen molar-refractivity contribution in [1.29, 1.82) is 0 Å². The van der Waals surface area contributed by atoms with Gasteiger partial charge in [-0.15, -0.1) is 0 Å². The van der Waals surface area contributed by atoms with Gasteiger partial charge in [0.25, 0.3) is 0 Å². The minimum atomic E-state index is -0.537. The summed E-state index contributed by atoms with van der Waals surface area (Å²) in [5, 5.41) is 22.0. The Kier molecular flexibility index (Phi) is 12.6. The number of nitro groups is 2. The van der Waals surface area contributed by atoms with Crippen molar-refractivity contribution in [2.45, 2.75) is 26.7 Å². The van der Waals surface area contributed by atoms with Crippen molar-refractivity contribution in [3.8, 4) is 23.0 Å². The second-order valence-electron chi connectivity index (χ2n) is 9.29. The van der Waals surface area contributed by atoms with Crippen LogP contribution in [-0.2, 0) is 12.8 Å². The molecule has 0 radical (unpaired) electrons. The van der Waals surface area contributed by atoms with Gasteiger partial charge in [-0.1, -0.05) is 50.2 Å². The fourth-order valence-corrected chi connectivity index (χ4v) is 3.95. The summed E-state index contributed by atoms with van der Waals surface area (Å²) in [5.74, 6) is 1.63. The van der Waals surface area contributed by atoms with Crippen LogP contribution in [0.2, 0.25) is 0 Å². The molecule has 4 rings (SSSR count). The quantitative estimate of drug-likeness (QED) is 0.0709. The van der Waals surface area contributed by atoms with E-state index in [-0.39, 0.29) is 36.1 Å². The number of rotatable bonds is 14. The molecule has 0 aliphatic heterocycles. The molecule has 44 heavy (non-hydrogen) atoms. The zero-order valence-corrected chi connectivity index (χ0v) is 24.6. The van der Waals surface area contributed by atoms with Gasteiger partial charge < -0.3 is 30.4 Å². The van der Waals surface area contributed by atoms with Crippen LogP contribution in [0.3, 0.4) is 0 Å². The molecule has 0 heterocycles. The molecule has 4 aromatic carbocycles. The molecule has 4 N–H and O–H groups in total. The molecule has 0 spiro atoms. The first-order chi connectivity index (χ1) is 21.2. The number of nitrogen functional groups attached to an aromatic ring is 2. The topological polar surface area (TPSA) is 175 Å². The average Bonchev–Trinajstić information content (AvgIpc) is 3.03. The summed E-state index contributed by atoms with van der Waals surface area (Å²) in [6.45, 7) is 4.89. The molecule has 0 unspecified atom stereocenters. The van der Waals surface area contributed by atoms with Crippen LogP contribution in [0.1, 0.15) is 25.0 Å². The Balaban J connectivity index is 0.000000244. The first-order valence-corrected chi connectivity index (χ1v) is 14.0. The second-order valence-corrected chi connectivity index (χ2v) is 9.29. The molecule has 0 saturated heterocycles. The van der Waals surface area contributed by atoms with E-state index in [4.69, 9.17) is 30.4 Å². The van der Waals surface area contributed by atoms with Gasteiger partial charge in [0.05, 0.1) is 21.2 Å². The lowest BCUT2D eigenvalue weighted by atomic mass is 10.1. The average molecular weight is 605 g/mol. The fraction of sp³-hybridized carbons (Fsp3) is 0.250. The number of benzene rings is 4. The number of hydrogen-bond donors (Lipinski definition) is 2. The third-order valence-corrected chi connectivity index (χ3v) is 6.29. The first kappa shape index (κ1) is 33.0. The van der Waals surface area contributed by atoms with E-state index in [1.54, 1.807) is 30.3 Å². The molecule has 0 atom stereocenters. The highest BCUT2D eigenvalue weighted by atomic mass is 16.6. The molecule has 12 heteroatoms. The van der Waals surface area contributed by atoms with Crippen molar-refractivity contribution in [1.82, 2.24) is 0 Å². The lowest BCUT2D eigenvalue weighted by molar-refractivity contribution is -0.386. The maximum Gasteiger partial charge on any atom is 0.311 e. The lowest BCUT2D eigenvalue weighted by Crippen LogP contribution is -2.10. The number of anilines is 2. The van der Waals surface area contributed by atoms with Crippen molar-refractivity contribution < 1.29 is 28.8 Å². The van der Waals surface area contributed by atoms with Gasteiger partial charge in [0.1, 0.15) is 37.9 Å². The SMILES string of the molecule is CCc1ccc(OCCOc2ccccc2N)c(N)c1.CCc1ccc(OCCOc2ccccc2[N+](=O)[O-])c([N+](=O)[O-])c1.